The highest BCUT2D eigenvalue weighted by Crippen LogP contribution is 2.35. The predicted octanol–water partition coefficient (Wildman–Crippen LogP) is 7.96. The minimum absolute atomic E-state index is 0.772. The van der Waals surface area contributed by atoms with Crippen molar-refractivity contribution in [2.45, 2.75) is 13.8 Å². The minimum Gasteiger partial charge on any atom is -0.0843 e. The fourth-order valence-electron chi connectivity index (χ4n) is 3.57. The standard InChI is InChI=1S/C26H21Cl/c1-18-7-5-8-20(13-18)21-9-6-10-22(16-21)25-11-3-4-12-26(25)23-14-19(2)15-24(27)17-23/h3-17H,1-2H3. The van der Waals surface area contributed by atoms with Crippen molar-refractivity contribution in [2.75, 3.05) is 0 Å². The van der Waals surface area contributed by atoms with Gasteiger partial charge in [-0.3, -0.25) is 0 Å². The summed E-state index contributed by atoms with van der Waals surface area (Å²) in [6, 6.07) is 32.1. The van der Waals surface area contributed by atoms with Gasteiger partial charge in [-0.2, -0.15) is 0 Å². The Bertz CT molecular complexity index is 1090. The van der Waals surface area contributed by atoms with Gasteiger partial charge in [-0.05, 0) is 71.0 Å². The Morgan fingerprint density at radius 3 is 1.78 bits per heavy atom. The first-order chi connectivity index (χ1) is 13.1. The van der Waals surface area contributed by atoms with E-state index >= 15 is 0 Å². The molecule has 0 atom stereocenters. The molecule has 0 radical (unpaired) electrons. The van der Waals surface area contributed by atoms with Crippen LogP contribution in [0.3, 0.4) is 0 Å². The number of aryl methyl sites for hydroxylation is 2. The van der Waals surface area contributed by atoms with E-state index in [4.69, 9.17) is 11.6 Å². The molecule has 0 amide bonds. The molecule has 0 fully saturated rings. The first-order valence-electron chi connectivity index (χ1n) is 9.14. The van der Waals surface area contributed by atoms with Crippen LogP contribution in [0.25, 0.3) is 33.4 Å². The first-order valence-corrected chi connectivity index (χ1v) is 9.52. The third-order valence-corrected chi connectivity index (χ3v) is 5.02. The molecule has 0 saturated heterocycles. The maximum absolute atomic E-state index is 6.32. The molecule has 0 aliphatic heterocycles. The average Bonchev–Trinajstić information content (AvgIpc) is 2.67. The van der Waals surface area contributed by atoms with Crippen molar-refractivity contribution < 1.29 is 0 Å². The van der Waals surface area contributed by atoms with E-state index < -0.39 is 0 Å². The number of hydrogen-bond acceptors (Lipinski definition) is 0. The molecule has 0 aliphatic carbocycles. The SMILES string of the molecule is Cc1cccc(-c2cccc(-c3ccccc3-c3cc(C)cc(Cl)c3)c2)c1. The molecule has 27 heavy (non-hydrogen) atoms. The summed E-state index contributed by atoms with van der Waals surface area (Å²) in [6.07, 6.45) is 0. The van der Waals surface area contributed by atoms with Gasteiger partial charge in [0.15, 0.2) is 0 Å². The molecule has 0 bridgehead atoms. The van der Waals surface area contributed by atoms with Crippen molar-refractivity contribution in [3.8, 4) is 33.4 Å². The molecule has 0 spiro atoms. The highest BCUT2D eigenvalue weighted by atomic mass is 35.5. The third kappa shape index (κ3) is 3.82. The maximum atomic E-state index is 6.32. The topological polar surface area (TPSA) is 0 Å². The van der Waals surface area contributed by atoms with Gasteiger partial charge in [0.25, 0.3) is 0 Å². The molecular weight excluding hydrogens is 348 g/mol. The van der Waals surface area contributed by atoms with Crippen LogP contribution in [0, 0.1) is 13.8 Å². The Morgan fingerprint density at radius 1 is 0.481 bits per heavy atom. The lowest BCUT2D eigenvalue weighted by molar-refractivity contribution is 1.46. The van der Waals surface area contributed by atoms with Crippen LogP contribution in [-0.4, -0.2) is 0 Å². The average molecular weight is 369 g/mol. The Labute approximate surface area is 166 Å². The van der Waals surface area contributed by atoms with E-state index in [1.54, 1.807) is 0 Å². The van der Waals surface area contributed by atoms with E-state index in [1.165, 1.54) is 38.9 Å². The largest absolute Gasteiger partial charge is 0.0843 e. The van der Waals surface area contributed by atoms with E-state index in [9.17, 15) is 0 Å². The molecule has 132 valence electrons. The molecule has 4 aromatic rings. The van der Waals surface area contributed by atoms with Gasteiger partial charge in [-0.1, -0.05) is 90.0 Å². The summed E-state index contributed by atoms with van der Waals surface area (Å²) in [6.45, 7) is 4.21. The van der Waals surface area contributed by atoms with Crippen LogP contribution in [0.15, 0.2) is 91.0 Å². The maximum Gasteiger partial charge on any atom is 0.0414 e. The molecule has 0 heterocycles. The number of benzene rings is 4. The lowest BCUT2D eigenvalue weighted by Gasteiger charge is -2.13. The molecule has 4 rings (SSSR count). The van der Waals surface area contributed by atoms with Crippen LogP contribution in [0.1, 0.15) is 11.1 Å². The number of hydrogen-bond donors (Lipinski definition) is 0. The van der Waals surface area contributed by atoms with Crippen LogP contribution in [0.4, 0.5) is 0 Å². The second-order valence-electron chi connectivity index (χ2n) is 7.01. The Kier molecular flexibility index (Phi) is 4.83. The van der Waals surface area contributed by atoms with Crippen molar-refractivity contribution in [3.05, 3.63) is 107 Å². The molecule has 0 unspecified atom stereocenters. The number of halogens is 1. The first kappa shape index (κ1) is 17.6. The molecule has 0 aliphatic rings. The second kappa shape index (κ2) is 7.42. The van der Waals surface area contributed by atoms with Crippen LogP contribution >= 0.6 is 11.6 Å². The summed E-state index contributed by atoms with van der Waals surface area (Å²) in [5, 5.41) is 0.772. The number of rotatable bonds is 3. The summed E-state index contributed by atoms with van der Waals surface area (Å²) in [5.74, 6) is 0. The van der Waals surface area contributed by atoms with Crippen molar-refractivity contribution >= 4 is 11.6 Å². The Hall–Kier alpha value is -2.83. The van der Waals surface area contributed by atoms with Crippen molar-refractivity contribution in [1.29, 1.82) is 0 Å². The zero-order valence-electron chi connectivity index (χ0n) is 15.5. The zero-order valence-corrected chi connectivity index (χ0v) is 16.3. The van der Waals surface area contributed by atoms with Crippen molar-refractivity contribution in [1.82, 2.24) is 0 Å². The van der Waals surface area contributed by atoms with Crippen LogP contribution in [-0.2, 0) is 0 Å². The van der Waals surface area contributed by atoms with Crippen LogP contribution in [0.2, 0.25) is 5.02 Å². The smallest absolute Gasteiger partial charge is 0.0414 e. The van der Waals surface area contributed by atoms with E-state index in [0.29, 0.717) is 0 Å². The third-order valence-electron chi connectivity index (χ3n) is 4.81. The van der Waals surface area contributed by atoms with Crippen LogP contribution < -0.4 is 0 Å². The van der Waals surface area contributed by atoms with Crippen molar-refractivity contribution in [3.63, 3.8) is 0 Å². The molecule has 0 N–H and O–H groups in total. The Balaban J connectivity index is 1.84. The molecule has 1 heteroatoms. The van der Waals surface area contributed by atoms with E-state index in [2.05, 4.69) is 92.7 Å². The lowest BCUT2D eigenvalue weighted by Crippen LogP contribution is -1.87. The van der Waals surface area contributed by atoms with Gasteiger partial charge in [-0.25, -0.2) is 0 Å². The van der Waals surface area contributed by atoms with Gasteiger partial charge in [0.2, 0.25) is 0 Å². The van der Waals surface area contributed by atoms with Gasteiger partial charge in [0.05, 0.1) is 0 Å². The Morgan fingerprint density at radius 2 is 1.07 bits per heavy atom. The van der Waals surface area contributed by atoms with E-state index in [1.807, 2.05) is 12.1 Å². The molecule has 0 saturated carbocycles. The summed E-state index contributed by atoms with van der Waals surface area (Å²) >= 11 is 6.32. The monoisotopic (exact) mass is 368 g/mol. The van der Waals surface area contributed by atoms with Gasteiger partial charge < -0.3 is 0 Å². The van der Waals surface area contributed by atoms with Gasteiger partial charge in [0.1, 0.15) is 0 Å². The highest BCUT2D eigenvalue weighted by Gasteiger charge is 2.09. The van der Waals surface area contributed by atoms with Crippen molar-refractivity contribution in [2.24, 2.45) is 0 Å². The van der Waals surface area contributed by atoms with Gasteiger partial charge >= 0.3 is 0 Å². The van der Waals surface area contributed by atoms with Gasteiger partial charge in [-0.15, -0.1) is 0 Å². The summed E-state index contributed by atoms with van der Waals surface area (Å²) in [4.78, 5) is 0. The summed E-state index contributed by atoms with van der Waals surface area (Å²) < 4.78 is 0. The fraction of sp³-hybridized carbons (Fsp3) is 0.0769. The molecule has 0 aromatic heterocycles. The van der Waals surface area contributed by atoms with E-state index in [-0.39, 0.29) is 0 Å². The second-order valence-corrected chi connectivity index (χ2v) is 7.45. The molecule has 0 nitrogen and oxygen atoms in total. The van der Waals surface area contributed by atoms with Crippen LogP contribution in [0.5, 0.6) is 0 Å². The zero-order chi connectivity index (χ0) is 18.8. The lowest BCUT2D eigenvalue weighted by atomic mass is 9.92. The minimum atomic E-state index is 0.772. The fourth-order valence-corrected chi connectivity index (χ4v) is 3.86. The normalized spacial score (nSPS) is 10.8. The molecular formula is C26H21Cl. The highest BCUT2D eigenvalue weighted by molar-refractivity contribution is 6.31. The predicted molar refractivity (Wildman–Crippen MR) is 117 cm³/mol. The summed E-state index contributed by atoms with van der Waals surface area (Å²) in [7, 11) is 0. The quantitative estimate of drug-likeness (QED) is 0.344. The molecule has 4 aromatic carbocycles. The summed E-state index contributed by atoms with van der Waals surface area (Å²) in [5.41, 5.74) is 9.69. The van der Waals surface area contributed by atoms with E-state index in [0.717, 1.165) is 10.6 Å². The van der Waals surface area contributed by atoms with Gasteiger partial charge in [0, 0.05) is 5.02 Å².